The molecule has 10 heteroatoms. The monoisotopic (exact) mass is 519 g/mol. The molecule has 2 aromatic carbocycles. The van der Waals surface area contributed by atoms with Crippen LogP contribution in [0.1, 0.15) is 39.5 Å². The van der Waals surface area contributed by atoms with Gasteiger partial charge in [-0.2, -0.15) is 13.2 Å². The summed E-state index contributed by atoms with van der Waals surface area (Å²) >= 11 is 0. The molecule has 2 heterocycles. The van der Waals surface area contributed by atoms with Crippen molar-refractivity contribution in [3.05, 3.63) is 30.3 Å². The number of fused-ring (bicyclic) bond motifs is 2. The molecular formula is C27H32F3N3O4. The first kappa shape index (κ1) is 26.8. The summed E-state index contributed by atoms with van der Waals surface area (Å²) in [6.07, 6.45) is -1.35. The van der Waals surface area contributed by atoms with Crippen molar-refractivity contribution in [3.8, 4) is 17.2 Å². The third kappa shape index (κ3) is 6.01. The van der Waals surface area contributed by atoms with E-state index in [1.54, 1.807) is 6.07 Å². The number of ether oxygens (including phenoxy) is 3. The summed E-state index contributed by atoms with van der Waals surface area (Å²) < 4.78 is 56.4. The first-order chi connectivity index (χ1) is 17.7. The molecule has 1 aliphatic heterocycles. The second kappa shape index (κ2) is 11.4. The molecule has 1 aromatic heterocycles. The van der Waals surface area contributed by atoms with Crippen molar-refractivity contribution in [1.82, 2.24) is 9.88 Å². The Morgan fingerprint density at radius 2 is 1.89 bits per heavy atom. The number of pyridine rings is 1. The fourth-order valence-electron chi connectivity index (χ4n) is 4.50. The number of halogens is 3. The number of hydrogen-bond acceptors (Lipinski definition) is 7. The molecule has 37 heavy (non-hydrogen) atoms. The van der Waals surface area contributed by atoms with E-state index < -0.39 is 12.1 Å². The number of carbonyl (C=O) groups is 1. The number of rotatable bonds is 10. The number of hydrogen-bond donors (Lipinski definition) is 1. The van der Waals surface area contributed by atoms with Crippen molar-refractivity contribution in [2.24, 2.45) is 0 Å². The summed E-state index contributed by atoms with van der Waals surface area (Å²) in [6.45, 7) is 7.23. The van der Waals surface area contributed by atoms with Crippen LogP contribution in [0, 0.1) is 0 Å². The number of aromatic nitrogens is 1. The van der Waals surface area contributed by atoms with E-state index in [9.17, 15) is 18.0 Å². The average molecular weight is 520 g/mol. The molecule has 0 amide bonds. The Labute approximate surface area is 213 Å². The zero-order valence-corrected chi connectivity index (χ0v) is 21.3. The molecule has 1 fully saturated rings. The van der Waals surface area contributed by atoms with Crippen LogP contribution in [0.2, 0.25) is 0 Å². The first-order valence-corrected chi connectivity index (χ1v) is 12.6. The largest absolute Gasteiger partial charge is 0.491 e. The van der Waals surface area contributed by atoms with Crippen LogP contribution < -0.4 is 19.5 Å². The molecule has 0 bridgehead atoms. The van der Waals surface area contributed by atoms with Gasteiger partial charge in [-0.05, 0) is 51.8 Å². The third-order valence-electron chi connectivity index (χ3n) is 6.55. The van der Waals surface area contributed by atoms with Gasteiger partial charge in [-0.3, -0.25) is 0 Å². The SMILES string of the molecule is CC[C@H](C)Nc1c2ccccc2nc2cc(OCCCN3CCCC3)c(OC)c(OC(=O)C(F)(F)F)c12. The smallest absolute Gasteiger partial charge is 0.490 e. The zero-order chi connectivity index (χ0) is 26.6. The average Bonchev–Trinajstić information content (AvgIpc) is 3.39. The molecule has 1 saturated heterocycles. The molecule has 0 aliphatic carbocycles. The summed E-state index contributed by atoms with van der Waals surface area (Å²) in [7, 11) is 1.30. The number of esters is 1. The maximum atomic E-state index is 13.3. The van der Waals surface area contributed by atoms with Gasteiger partial charge in [-0.1, -0.05) is 25.1 Å². The third-order valence-corrected chi connectivity index (χ3v) is 6.55. The Bertz CT molecular complexity index is 1260. The highest BCUT2D eigenvalue weighted by atomic mass is 19.4. The van der Waals surface area contributed by atoms with Gasteiger partial charge < -0.3 is 24.4 Å². The number of benzene rings is 2. The van der Waals surface area contributed by atoms with Gasteiger partial charge in [0.2, 0.25) is 5.75 Å². The fraction of sp³-hybridized carbons (Fsp3) is 0.481. The quantitative estimate of drug-likeness (QED) is 0.154. The van der Waals surface area contributed by atoms with E-state index in [1.807, 2.05) is 38.1 Å². The Kier molecular flexibility index (Phi) is 8.26. The minimum atomic E-state index is -5.20. The maximum Gasteiger partial charge on any atom is 0.491 e. The van der Waals surface area contributed by atoms with E-state index in [4.69, 9.17) is 14.2 Å². The van der Waals surface area contributed by atoms with E-state index in [2.05, 4.69) is 15.2 Å². The molecule has 3 aromatic rings. The van der Waals surface area contributed by atoms with Gasteiger partial charge in [0, 0.05) is 24.0 Å². The van der Waals surface area contributed by atoms with Crippen LogP contribution in [0.15, 0.2) is 30.3 Å². The van der Waals surface area contributed by atoms with E-state index in [0.717, 1.165) is 32.5 Å². The molecular weight excluding hydrogens is 487 g/mol. The number of carbonyl (C=O) groups excluding carboxylic acids is 1. The van der Waals surface area contributed by atoms with Gasteiger partial charge in [0.1, 0.15) is 0 Å². The number of nitrogens with zero attached hydrogens (tertiary/aromatic N) is 2. The molecule has 4 rings (SSSR count). The van der Waals surface area contributed by atoms with E-state index in [0.29, 0.717) is 28.7 Å². The summed E-state index contributed by atoms with van der Waals surface area (Å²) in [6, 6.07) is 8.89. The molecule has 0 saturated carbocycles. The number of alkyl halides is 3. The number of likely N-dealkylation sites (tertiary alicyclic amines) is 1. The van der Waals surface area contributed by atoms with Crippen LogP contribution in [-0.2, 0) is 4.79 Å². The van der Waals surface area contributed by atoms with Gasteiger partial charge in [0.25, 0.3) is 0 Å². The molecule has 1 aliphatic rings. The van der Waals surface area contributed by atoms with Crippen LogP contribution in [0.5, 0.6) is 17.2 Å². The van der Waals surface area contributed by atoms with Crippen molar-refractivity contribution < 1.29 is 32.2 Å². The van der Waals surface area contributed by atoms with E-state index in [-0.39, 0.29) is 28.7 Å². The zero-order valence-electron chi connectivity index (χ0n) is 21.3. The lowest BCUT2D eigenvalue weighted by Crippen LogP contribution is -2.28. The summed E-state index contributed by atoms with van der Waals surface area (Å²) in [5.74, 6) is -2.64. The molecule has 0 radical (unpaired) electrons. The molecule has 0 unspecified atom stereocenters. The van der Waals surface area contributed by atoms with E-state index >= 15 is 0 Å². The maximum absolute atomic E-state index is 13.3. The molecule has 0 spiro atoms. The van der Waals surface area contributed by atoms with Crippen molar-refractivity contribution in [2.75, 3.05) is 38.7 Å². The predicted octanol–water partition coefficient (Wildman–Crippen LogP) is 5.94. The standard InChI is InChI=1S/C27H32F3N3O4/c1-4-17(2)31-23-18-10-5-6-11-19(18)32-20-16-21(36-15-9-14-33-12-7-8-13-33)24(35-3)25(22(20)23)37-26(34)27(28,29)30/h5-6,10-11,16-17H,4,7-9,12-15H2,1-3H3,(H,31,32)/t17-/m0/s1. The van der Waals surface area contributed by atoms with Gasteiger partial charge in [0.05, 0.1) is 35.8 Å². The highest BCUT2D eigenvalue weighted by Gasteiger charge is 2.42. The number of nitrogens with one attached hydrogen (secondary N) is 1. The van der Waals surface area contributed by atoms with Crippen LogP contribution in [0.3, 0.4) is 0 Å². The molecule has 200 valence electrons. The summed E-state index contributed by atoms with van der Waals surface area (Å²) in [5, 5.41) is 4.27. The van der Waals surface area contributed by atoms with Gasteiger partial charge in [-0.25, -0.2) is 9.78 Å². The predicted molar refractivity (Wildman–Crippen MR) is 137 cm³/mol. The van der Waals surface area contributed by atoms with Crippen LogP contribution in [-0.4, -0.2) is 61.4 Å². The lowest BCUT2D eigenvalue weighted by atomic mass is 10.0. The van der Waals surface area contributed by atoms with Gasteiger partial charge >= 0.3 is 12.1 Å². The summed E-state index contributed by atoms with van der Waals surface area (Å²) in [4.78, 5) is 19.0. The van der Waals surface area contributed by atoms with Crippen molar-refractivity contribution in [1.29, 1.82) is 0 Å². The second-order valence-corrected chi connectivity index (χ2v) is 9.23. The molecule has 7 nitrogen and oxygen atoms in total. The van der Waals surface area contributed by atoms with Crippen LogP contribution >= 0.6 is 0 Å². The van der Waals surface area contributed by atoms with Crippen molar-refractivity contribution >= 4 is 33.5 Å². The molecule has 1 atom stereocenters. The van der Waals surface area contributed by atoms with Crippen LogP contribution in [0.4, 0.5) is 18.9 Å². The number of methoxy groups -OCH3 is 1. The second-order valence-electron chi connectivity index (χ2n) is 9.23. The fourth-order valence-corrected chi connectivity index (χ4v) is 4.50. The van der Waals surface area contributed by atoms with Gasteiger partial charge in [0.15, 0.2) is 11.5 Å². The molecule has 1 N–H and O–H groups in total. The van der Waals surface area contributed by atoms with Crippen LogP contribution in [0.25, 0.3) is 21.8 Å². The van der Waals surface area contributed by atoms with E-state index in [1.165, 1.54) is 20.0 Å². The highest BCUT2D eigenvalue weighted by molar-refractivity contribution is 6.12. The van der Waals surface area contributed by atoms with Gasteiger partial charge in [-0.15, -0.1) is 0 Å². The minimum absolute atomic E-state index is 0.0207. The van der Waals surface area contributed by atoms with Crippen molar-refractivity contribution in [3.63, 3.8) is 0 Å². The Morgan fingerprint density at radius 3 is 2.57 bits per heavy atom. The Balaban J connectivity index is 1.84. The first-order valence-electron chi connectivity index (χ1n) is 12.6. The van der Waals surface area contributed by atoms with Crippen molar-refractivity contribution in [2.45, 2.75) is 51.7 Å². The normalized spacial score (nSPS) is 15.2. The summed E-state index contributed by atoms with van der Waals surface area (Å²) in [5.41, 5.74) is 1.47. The number of anilines is 1. The minimum Gasteiger partial charge on any atom is -0.490 e. The topological polar surface area (TPSA) is 72.9 Å². The highest BCUT2D eigenvalue weighted by Crippen LogP contribution is 2.48. The number of para-hydroxylation sites is 1. The lowest BCUT2D eigenvalue weighted by molar-refractivity contribution is -0.189. The lowest BCUT2D eigenvalue weighted by Gasteiger charge is -2.22. The Hall–Kier alpha value is -3.27. The Morgan fingerprint density at radius 1 is 1.16 bits per heavy atom.